The van der Waals surface area contributed by atoms with Gasteiger partial charge in [0.05, 0.1) is 11.6 Å². The number of aryl methyl sites for hydroxylation is 1. The summed E-state index contributed by atoms with van der Waals surface area (Å²) < 4.78 is 16.1. The molecule has 2 heterocycles. The molecular weight excluding hydrogens is 345 g/mol. The largest absolute Gasteiger partial charge is 0.278 e. The van der Waals surface area contributed by atoms with Crippen LogP contribution in [0.5, 0.6) is 0 Å². The zero-order valence-electron chi connectivity index (χ0n) is 10.6. The average molecular weight is 355 g/mol. The summed E-state index contributed by atoms with van der Waals surface area (Å²) in [7, 11) is 0. The van der Waals surface area contributed by atoms with Gasteiger partial charge in [-0.2, -0.15) is 0 Å². The molecule has 0 aliphatic rings. The highest BCUT2D eigenvalue weighted by Crippen LogP contribution is 2.28. The van der Waals surface area contributed by atoms with Crippen LogP contribution >= 0.6 is 27.5 Å². The molecule has 2 aromatic heterocycles. The van der Waals surface area contributed by atoms with Gasteiger partial charge in [-0.25, -0.2) is 14.4 Å². The summed E-state index contributed by atoms with van der Waals surface area (Å²) in [6, 6.07) is 6.41. The molecule has 0 spiro atoms. The lowest BCUT2D eigenvalue weighted by Gasteiger charge is -2.09. The van der Waals surface area contributed by atoms with E-state index in [0.29, 0.717) is 17.2 Å². The van der Waals surface area contributed by atoms with Crippen molar-refractivity contribution in [3.8, 4) is 5.69 Å². The van der Waals surface area contributed by atoms with E-state index in [2.05, 4.69) is 25.9 Å². The number of benzene rings is 1. The summed E-state index contributed by atoms with van der Waals surface area (Å²) in [5.74, 6) is 0.530. The zero-order chi connectivity index (χ0) is 14.3. The first-order valence-electron chi connectivity index (χ1n) is 5.95. The summed E-state index contributed by atoms with van der Waals surface area (Å²) >= 11 is 9.39. The first-order chi connectivity index (χ1) is 9.60. The molecule has 0 aliphatic heterocycles. The minimum Gasteiger partial charge on any atom is -0.278 e. The maximum absolute atomic E-state index is 13.5. The Bertz CT molecular complexity index is 800. The standard InChI is InChI=1S/C14H10BrClFN3/c1-8-4-11-14(18-7-8)20(13(6-16)19-11)12-5-9(17)2-3-10(12)15/h2-5,7H,6H2,1H3. The molecule has 0 unspecified atom stereocenters. The molecule has 0 fully saturated rings. The molecule has 0 aliphatic carbocycles. The lowest BCUT2D eigenvalue weighted by atomic mass is 10.3. The molecule has 0 saturated heterocycles. The molecule has 0 amide bonds. The number of rotatable bonds is 2. The Balaban J connectivity index is 2.37. The number of alkyl halides is 1. The third kappa shape index (κ3) is 2.21. The Morgan fingerprint density at radius 1 is 1.35 bits per heavy atom. The van der Waals surface area contributed by atoms with Gasteiger partial charge in [0.25, 0.3) is 0 Å². The van der Waals surface area contributed by atoms with Crippen LogP contribution in [0, 0.1) is 12.7 Å². The van der Waals surface area contributed by atoms with Gasteiger partial charge in [0.2, 0.25) is 0 Å². The van der Waals surface area contributed by atoms with Gasteiger partial charge >= 0.3 is 0 Å². The minimum absolute atomic E-state index is 0.221. The van der Waals surface area contributed by atoms with Crippen molar-refractivity contribution in [3.05, 3.63) is 52.1 Å². The van der Waals surface area contributed by atoms with Gasteiger partial charge in [-0.1, -0.05) is 0 Å². The van der Waals surface area contributed by atoms with Gasteiger partial charge in [0, 0.05) is 10.7 Å². The fraction of sp³-hybridized carbons (Fsp3) is 0.143. The first kappa shape index (κ1) is 13.5. The molecule has 0 saturated carbocycles. The lowest BCUT2D eigenvalue weighted by molar-refractivity contribution is 0.626. The van der Waals surface area contributed by atoms with E-state index in [9.17, 15) is 4.39 Å². The van der Waals surface area contributed by atoms with Crippen LogP contribution in [0.15, 0.2) is 34.9 Å². The van der Waals surface area contributed by atoms with Gasteiger partial charge < -0.3 is 0 Å². The van der Waals surface area contributed by atoms with Crippen LogP contribution < -0.4 is 0 Å². The molecule has 6 heteroatoms. The van der Waals surface area contributed by atoms with Crippen LogP contribution in [0.25, 0.3) is 16.9 Å². The van der Waals surface area contributed by atoms with E-state index in [4.69, 9.17) is 11.6 Å². The van der Waals surface area contributed by atoms with E-state index in [0.717, 1.165) is 15.6 Å². The molecule has 3 rings (SSSR count). The van der Waals surface area contributed by atoms with Crippen molar-refractivity contribution in [2.24, 2.45) is 0 Å². The monoisotopic (exact) mass is 353 g/mol. The number of pyridine rings is 1. The summed E-state index contributed by atoms with van der Waals surface area (Å²) in [4.78, 5) is 8.86. The van der Waals surface area contributed by atoms with Crippen LogP contribution in [-0.4, -0.2) is 14.5 Å². The molecule has 0 radical (unpaired) electrons. The van der Waals surface area contributed by atoms with Crippen molar-refractivity contribution in [1.82, 2.24) is 14.5 Å². The highest BCUT2D eigenvalue weighted by atomic mass is 79.9. The van der Waals surface area contributed by atoms with Crippen LogP contribution in [0.3, 0.4) is 0 Å². The second-order valence-corrected chi connectivity index (χ2v) is 5.57. The van der Waals surface area contributed by atoms with E-state index in [-0.39, 0.29) is 11.7 Å². The Morgan fingerprint density at radius 2 is 2.15 bits per heavy atom. The molecule has 0 atom stereocenters. The van der Waals surface area contributed by atoms with Crippen molar-refractivity contribution in [2.45, 2.75) is 12.8 Å². The van der Waals surface area contributed by atoms with E-state index in [1.807, 2.05) is 13.0 Å². The maximum atomic E-state index is 13.5. The van der Waals surface area contributed by atoms with Gasteiger partial charge in [-0.3, -0.25) is 4.57 Å². The molecule has 3 aromatic rings. The Hall–Kier alpha value is -1.46. The molecule has 102 valence electrons. The average Bonchev–Trinajstić information content (AvgIpc) is 2.78. The topological polar surface area (TPSA) is 30.7 Å². The number of imidazole rings is 1. The third-order valence-electron chi connectivity index (χ3n) is 2.97. The number of hydrogen-bond donors (Lipinski definition) is 0. The number of halogens is 3. The molecule has 0 bridgehead atoms. The van der Waals surface area contributed by atoms with Crippen LogP contribution in [0.2, 0.25) is 0 Å². The van der Waals surface area contributed by atoms with Crippen LogP contribution in [-0.2, 0) is 5.88 Å². The number of aromatic nitrogens is 3. The predicted molar refractivity (Wildman–Crippen MR) is 80.8 cm³/mol. The van der Waals surface area contributed by atoms with E-state index in [1.54, 1.807) is 16.8 Å². The van der Waals surface area contributed by atoms with Gasteiger partial charge in [0.1, 0.15) is 17.2 Å². The van der Waals surface area contributed by atoms with Crippen molar-refractivity contribution in [1.29, 1.82) is 0 Å². The van der Waals surface area contributed by atoms with Crippen LogP contribution in [0.4, 0.5) is 4.39 Å². The first-order valence-corrected chi connectivity index (χ1v) is 7.28. The van der Waals surface area contributed by atoms with Crippen molar-refractivity contribution >= 4 is 38.7 Å². The highest BCUT2D eigenvalue weighted by Gasteiger charge is 2.15. The van der Waals surface area contributed by atoms with Gasteiger partial charge in [0.15, 0.2) is 5.65 Å². The smallest absolute Gasteiger partial charge is 0.164 e. The SMILES string of the molecule is Cc1cnc2c(c1)nc(CCl)n2-c1cc(F)ccc1Br. The fourth-order valence-corrected chi connectivity index (χ4v) is 2.72. The second kappa shape index (κ2) is 5.14. The van der Waals surface area contributed by atoms with Crippen molar-refractivity contribution in [3.63, 3.8) is 0 Å². The van der Waals surface area contributed by atoms with Crippen molar-refractivity contribution in [2.75, 3.05) is 0 Å². The molecule has 3 nitrogen and oxygen atoms in total. The van der Waals surface area contributed by atoms with Gasteiger partial charge in [-0.15, -0.1) is 11.6 Å². The van der Waals surface area contributed by atoms with E-state index >= 15 is 0 Å². The number of hydrogen-bond acceptors (Lipinski definition) is 2. The minimum atomic E-state index is -0.322. The Labute approximate surface area is 128 Å². The molecule has 1 aromatic carbocycles. The normalized spacial score (nSPS) is 11.2. The molecular formula is C14H10BrClFN3. The third-order valence-corrected chi connectivity index (χ3v) is 3.88. The number of nitrogens with zero attached hydrogens (tertiary/aromatic N) is 3. The fourth-order valence-electron chi connectivity index (χ4n) is 2.11. The maximum Gasteiger partial charge on any atom is 0.164 e. The van der Waals surface area contributed by atoms with E-state index < -0.39 is 0 Å². The molecule has 0 N–H and O–H groups in total. The van der Waals surface area contributed by atoms with E-state index in [1.165, 1.54) is 12.1 Å². The molecule has 20 heavy (non-hydrogen) atoms. The summed E-state index contributed by atoms with van der Waals surface area (Å²) in [5.41, 5.74) is 3.07. The quantitative estimate of drug-likeness (QED) is 0.640. The highest BCUT2D eigenvalue weighted by molar-refractivity contribution is 9.10. The summed E-state index contributed by atoms with van der Waals surface area (Å²) in [5, 5.41) is 0. The summed E-state index contributed by atoms with van der Waals surface area (Å²) in [6.45, 7) is 1.95. The summed E-state index contributed by atoms with van der Waals surface area (Å²) in [6.07, 6.45) is 1.76. The Kier molecular flexibility index (Phi) is 3.48. The Morgan fingerprint density at radius 3 is 2.90 bits per heavy atom. The zero-order valence-corrected chi connectivity index (χ0v) is 12.9. The van der Waals surface area contributed by atoms with Gasteiger partial charge in [-0.05, 0) is 52.7 Å². The predicted octanol–water partition coefficient (Wildman–Crippen LogP) is 4.37. The number of fused-ring (bicyclic) bond motifs is 1. The van der Waals surface area contributed by atoms with Crippen molar-refractivity contribution < 1.29 is 4.39 Å². The second-order valence-electron chi connectivity index (χ2n) is 4.45. The lowest BCUT2D eigenvalue weighted by Crippen LogP contribution is -2.02. The van der Waals surface area contributed by atoms with Crippen LogP contribution in [0.1, 0.15) is 11.4 Å².